The van der Waals surface area contributed by atoms with E-state index in [9.17, 15) is 28.2 Å². The van der Waals surface area contributed by atoms with Gasteiger partial charge >= 0.3 is 5.97 Å². The second kappa shape index (κ2) is 7.18. The lowest BCUT2D eigenvalue weighted by Gasteiger charge is -2.27. The van der Waals surface area contributed by atoms with Gasteiger partial charge in [0.1, 0.15) is 22.3 Å². The van der Waals surface area contributed by atoms with Crippen molar-refractivity contribution in [2.24, 2.45) is 10.3 Å². The average Bonchev–Trinajstić information content (AvgIpc) is 3.27. The van der Waals surface area contributed by atoms with Crippen LogP contribution in [-0.2, 0) is 26.2 Å². The first-order valence-electron chi connectivity index (χ1n) is 8.65. The van der Waals surface area contributed by atoms with E-state index in [2.05, 4.69) is 19.3 Å². The summed E-state index contributed by atoms with van der Waals surface area (Å²) in [5.41, 5.74) is 0.205. The van der Waals surface area contributed by atoms with Crippen molar-refractivity contribution in [2.45, 2.75) is 24.4 Å². The molecule has 2 atom stereocenters. The summed E-state index contributed by atoms with van der Waals surface area (Å²) < 4.78 is 32.5. The smallest absolute Gasteiger partial charge is 0.308 e. The van der Waals surface area contributed by atoms with E-state index in [-0.39, 0.29) is 23.0 Å². The van der Waals surface area contributed by atoms with Crippen LogP contribution in [0.5, 0.6) is 0 Å². The summed E-state index contributed by atoms with van der Waals surface area (Å²) in [6.45, 7) is 1.23. The minimum Gasteiger partial charge on any atom is -0.509 e. The van der Waals surface area contributed by atoms with E-state index in [1.54, 1.807) is 11.4 Å². The minimum absolute atomic E-state index is 0.0693. The van der Waals surface area contributed by atoms with Crippen LogP contribution in [0.3, 0.4) is 0 Å². The third-order valence-corrected chi connectivity index (χ3v) is 6.70. The number of hydrogen-bond acceptors (Lipinski definition) is 9. The standard InChI is InChI=1S/C17H15N5O6S2/c1-8(17(25)26)13-14(23)12(16(24)22(13)6-9-7-29-21-19-9)15-18-10-4-2-3-5-11(10)30(27,28)20-15/h2-5,7-8,13,23H,6H2,1H3,(H,18,20)(H,25,26). The molecule has 4 rings (SSSR count). The summed E-state index contributed by atoms with van der Waals surface area (Å²) in [7, 11) is -4.12. The summed E-state index contributed by atoms with van der Waals surface area (Å²) >= 11 is 1.05. The number of carboxylic acids is 1. The Morgan fingerprint density at radius 3 is 2.77 bits per heavy atom. The molecule has 0 fully saturated rings. The monoisotopic (exact) mass is 449 g/mol. The van der Waals surface area contributed by atoms with E-state index in [1.807, 2.05) is 0 Å². The largest absolute Gasteiger partial charge is 0.509 e. The molecular weight excluding hydrogens is 434 g/mol. The molecule has 11 nitrogen and oxygen atoms in total. The van der Waals surface area contributed by atoms with Gasteiger partial charge in [-0.15, -0.1) is 9.50 Å². The van der Waals surface area contributed by atoms with E-state index >= 15 is 0 Å². The zero-order chi connectivity index (χ0) is 21.6. The van der Waals surface area contributed by atoms with Gasteiger partial charge in [-0.2, -0.15) is 8.42 Å². The molecule has 2 aliphatic heterocycles. The van der Waals surface area contributed by atoms with Gasteiger partial charge in [-0.05, 0) is 30.6 Å². The van der Waals surface area contributed by atoms with Crippen LogP contribution in [0.25, 0.3) is 0 Å². The fraction of sp³-hybridized carbons (Fsp3) is 0.235. The fourth-order valence-electron chi connectivity index (χ4n) is 3.36. The number of nitrogens with zero attached hydrogens (tertiary/aromatic N) is 4. The van der Waals surface area contributed by atoms with E-state index in [4.69, 9.17) is 0 Å². The number of nitrogens with one attached hydrogen (secondary N) is 1. The Hall–Kier alpha value is -3.32. The Labute approximate surface area is 174 Å². The number of carbonyl (C=O) groups is 2. The maximum atomic E-state index is 13.2. The topological polar surface area (TPSA) is 162 Å². The lowest BCUT2D eigenvalue weighted by molar-refractivity contribution is -0.144. The summed E-state index contributed by atoms with van der Waals surface area (Å²) in [5.74, 6) is -4.11. The van der Waals surface area contributed by atoms with E-state index in [1.165, 1.54) is 25.1 Å². The number of amidine groups is 1. The molecule has 0 radical (unpaired) electrons. The molecule has 3 heterocycles. The quantitative estimate of drug-likeness (QED) is 0.604. The lowest BCUT2D eigenvalue weighted by atomic mass is 9.99. The third kappa shape index (κ3) is 3.21. The molecule has 13 heteroatoms. The molecule has 0 saturated heterocycles. The van der Waals surface area contributed by atoms with Crippen LogP contribution in [0, 0.1) is 5.92 Å². The Kier molecular flexibility index (Phi) is 4.78. The number of amides is 1. The van der Waals surface area contributed by atoms with Crippen LogP contribution in [0.1, 0.15) is 12.6 Å². The maximum absolute atomic E-state index is 13.2. The minimum atomic E-state index is -4.12. The number of sulfonamides is 1. The molecule has 0 bridgehead atoms. The zero-order valence-electron chi connectivity index (χ0n) is 15.4. The van der Waals surface area contributed by atoms with Crippen molar-refractivity contribution in [1.82, 2.24) is 14.5 Å². The molecule has 156 valence electrons. The summed E-state index contributed by atoms with van der Waals surface area (Å²) in [4.78, 5) is 25.8. The normalized spacial score (nSPS) is 21.1. The maximum Gasteiger partial charge on any atom is 0.308 e. The number of rotatable bonds is 5. The van der Waals surface area contributed by atoms with E-state index in [0.29, 0.717) is 5.69 Å². The molecule has 1 aromatic heterocycles. The van der Waals surface area contributed by atoms with Crippen LogP contribution < -0.4 is 5.32 Å². The van der Waals surface area contributed by atoms with Crippen LogP contribution in [0.15, 0.2) is 50.3 Å². The highest BCUT2D eigenvalue weighted by molar-refractivity contribution is 7.90. The number of fused-ring (bicyclic) bond motifs is 1. The van der Waals surface area contributed by atoms with Crippen molar-refractivity contribution in [1.29, 1.82) is 0 Å². The van der Waals surface area contributed by atoms with Gasteiger partial charge < -0.3 is 20.4 Å². The first-order valence-corrected chi connectivity index (χ1v) is 10.9. The number of para-hydroxylation sites is 1. The van der Waals surface area contributed by atoms with Crippen molar-refractivity contribution in [3.8, 4) is 0 Å². The molecule has 30 heavy (non-hydrogen) atoms. The van der Waals surface area contributed by atoms with Crippen LogP contribution in [-0.4, -0.2) is 56.9 Å². The molecule has 2 aliphatic rings. The van der Waals surface area contributed by atoms with Crippen molar-refractivity contribution < 1.29 is 28.2 Å². The van der Waals surface area contributed by atoms with Crippen LogP contribution in [0.4, 0.5) is 5.69 Å². The summed E-state index contributed by atoms with van der Waals surface area (Å²) in [6.07, 6.45) is 0. The average molecular weight is 449 g/mol. The molecule has 0 aliphatic carbocycles. The molecular formula is C17H15N5O6S2. The van der Waals surface area contributed by atoms with Gasteiger partial charge in [0, 0.05) is 5.38 Å². The number of aliphatic hydroxyl groups excluding tert-OH is 1. The number of benzene rings is 1. The molecule has 3 N–H and O–H groups in total. The Bertz CT molecular complexity index is 1200. The van der Waals surface area contributed by atoms with E-state index < -0.39 is 45.2 Å². The predicted molar refractivity (Wildman–Crippen MR) is 105 cm³/mol. The molecule has 2 aromatic rings. The Morgan fingerprint density at radius 2 is 2.10 bits per heavy atom. The highest BCUT2D eigenvalue weighted by Crippen LogP contribution is 2.35. The molecule has 2 unspecified atom stereocenters. The third-order valence-electron chi connectivity index (χ3n) is 4.81. The number of anilines is 1. The van der Waals surface area contributed by atoms with Crippen molar-refractivity contribution >= 4 is 45.0 Å². The Balaban J connectivity index is 1.80. The van der Waals surface area contributed by atoms with Crippen LogP contribution in [0.2, 0.25) is 0 Å². The first-order chi connectivity index (χ1) is 14.2. The van der Waals surface area contributed by atoms with Crippen LogP contribution >= 0.6 is 11.5 Å². The second-order valence-electron chi connectivity index (χ2n) is 6.70. The SMILES string of the molecule is CC(C(=O)O)C1C(O)=C(C2=NS(=O)(=O)c3ccccc3N2)C(=O)N1Cc1csnn1. The van der Waals surface area contributed by atoms with E-state index in [0.717, 1.165) is 16.4 Å². The summed E-state index contributed by atoms with van der Waals surface area (Å²) in [5, 5.41) is 28.5. The predicted octanol–water partition coefficient (Wildman–Crippen LogP) is 0.995. The van der Waals surface area contributed by atoms with Crippen molar-refractivity contribution in [3.63, 3.8) is 0 Å². The van der Waals surface area contributed by atoms with Crippen molar-refractivity contribution in [3.05, 3.63) is 46.7 Å². The van der Waals surface area contributed by atoms with Gasteiger partial charge in [0.05, 0.1) is 23.8 Å². The zero-order valence-corrected chi connectivity index (χ0v) is 17.0. The number of hydrogen-bond donors (Lipinski definition) is 3. The lowest BCUT2D eigenvalue weighted by Crippen LogP contribution is -2.42. The number of aromatic nitrogens is 2. The van der Waals surface area contributed by atoms with Gasteiger partial charge in [-0.25, -0.2) is 0 Å². The second-order valence-corrected chi connectivity index (χ2v) is 8.88. The highest BCUT2D eigenvalue weighted by Gasteiger charge is 2.47. The van der Waals surface area contributed by atoms with Crippen molar-refractivity contribution in [2.75, 3.05) is 5.32 Å². The van der Waals surface area contributed by atoms with Gasteiger partial charge in [-0.1, -0.05) is 16.6 Å². The molecule has 1 amide bonds. The highest BCUT2D eigenvalue weighted by atomic mass is 32.2. The van der Waals surface area contributed by atoms with Gasteiger partial charge in [0.25, 0.3) is 15.9 Å². The van der Waals surface area contributed by atoms with Gasteiger partial charge in [0.2, 0.25) is 0 Å². The molecule has 0 spiro atoms. The van der Waals surface area contributed by atoms with Gasteiger partial charge in [-0.3, -0.25) is 9.59 Å². The van der Waals surface area contributed by atoms with Gasteiger partial charge in [0.15, 0.2) is 5.84 Å². The number of carboxylic acid groups (broad SMARTS) is 1. The first kappa shape index (κ1) is 20.0. The molecule has 1 aromatic carbocycles. The molecule has 0 saturated carbocycles. The number of aliphatic hydroxyl groups is 1. The number of carbonyl (C=O) groups excluding carboxylic acids is 1. The number of aliphatic carboxylic acids is 1. The summed E-state index contributed by atoms with van der Waals surface area (Å²) in [6, 6.07) is 4.76. The fourth-order valence-corrected chi connectivity index (χ4v) is 4.93. The Morgan fingerprint density at radius 1 is 1.37 bits per heavy atom.